The van der Waals surface area contributed by atoms with E-state index in [2.05, 4.69) is 0 Å². The summed E-state index contributed by atoms with van der Waals surface area (Å²) in [5.41, 5.74) is -1.72. The Morgan fingerprint density at radius 3 is 1.73 bits per heavy atom. The summed E-state index contributed by atoms with van der Waals surface area (Å²) in [4.78, 5) is 23.0. The Labute approximate surface area is 91.9 Å². The van der Waals surface area contributed by atoms with Crippen molar-refractivity contribution >= 4 is 11.6 Å². The molecule has 0 aliphatic rings. The van der Waals surface area contributed by atoms with Crippen molar-refractivity contribution in [3.63, 3.8) is 0 Å². The Kier molecular flexibility index (Phi) is 4.23. The highest BCUT2D eigenvalue weighted by molar-refractivity contribution is 5.86. The lowest BCUT2D eigenvalue weighted by Crippen LogP contribution is -2.49. The van der Waals surface area contributed by atoms with Gasteiger partial charge in [-0.1, -0.05) is 27.7 Å². The summed E-state index contributed by atoms with van der Waals surface area (Å²) in [7, 11) is 0. The minimum absolute atomic E-state index is 0.0770. The van der Waals surface area contributed by atoms with Crippen LogP contribution in [0.1, 0.15) is 48.0 Å². The van der Waals surface area contributed by atoms with Crippen LogP contribution < -0.4 is 0 Å². The number of ketones is 2. The van der Waals surface area contributed by atoms with E-state index in [-0.39, 0.29) is 11.6 Å². The molecule has 3 nitrogen and oxygen atoms in total. The van der Waals surface area contributed by atoms with Crippen LogP contribution in [0.15, 0.2) is 0 Å². The largest absolute Gasteiger partial charge is 0.391 e. The van der Waals surface area contributed by atoms with E-state index in [1.165, 1.54) is 13.8 Å². The maximum atomic E-state index is 11.5. The zero-order chi connectivity index (χ0) is 12.4. The molecule has 15 heavy (non-hydrogen) atoms. The van der Waals surface area contributed by atoms with E-state index in [9.17, 15) is 14.7 Å². The van der Waals surface area contributed by atoms with Gasteiger partial charge in [0, 0.05) is 5.41 Å². The molecule has 0 heterocycles. The number of carbonyl (C=O) groups is 2. The van der Waals surface area contributed by atoms with E-state index in [1.807, 2.05) is 6.92 Å². The van der Waals surface area contributed by atoms with Gasteiger partial charge in [-0.25, -0.2) is 0 Å². The number of aliphatic hydroxyl groups excluding tert-OH is 1. The van der Waals surface area contributed by atoms with Crippen LogP contribution in [0.25, 0.3) is 0 Å². The van der Waals surface area contributed by atoms with Crippen molar-refractivity contribution in [2.75, 3.05) is 0 Å². The molecule has 0 aromatic rings. The second-order valence-corrected chi connectivity index (χ2v) is 5.01. The molecule has 0 bridgehead atoms. The summed E-state index contributed by atoms with van der Waals surface area (Å²) in [5, 5.41) is 10.2. The highest BCUT2D eigenvalue weighted by atomic mass is 16.3. The molecule has 0 saturated carbocycles. The van der Waals surface area contributed by atoms with Gasteiger partial charge in [0.15, 0.2) is 0 Å². The van der Waals surface area contributed by atoms with Gasteiger partial charge in [0.2, 0.25) is 0 Å². The van der Waals surface area contributed by atoms with E-state index in [0.717, 1.165) is 0 Å². The van der Waals surface area contributed by atoms with Gasteiger partial charge in [0.1, 0.15) is 11.6 Å². The summed E-state index contributed by atoms with van der Waals surface area (Å²) in [6.07, 6.45) is -0.412. The normalized spacial score (nSPS) is 18.1. The standard InChI is InChI=1S/C12H22O3/c1-7-12(6,9(3)14)10(15)11(4,5)8(2)13/h10,15H,7H2,1-6H3. The fraction of sp³-hybridized carbons (Fsp3) is 0.833. The number of aliphatic hydroxyl groups is 1. The van der Waals surface area contributed by atoms with Crippen molar-refractivity contribution in [3.8, 4) is 0 Å². The molecule has 0 saturated heterocycles. The van der Waals surface area contributed by atoms with Gasteiger partial charge < -0.3 is 5.11 Å². The summed E-state index contributed by atoms with van der Waals surface area (Å²) in [5.74, 6) is -0.178. The third kappa shape index (κ3) is 2.46. The third-order valence-electron chi connectivity index (χ3n) is 3.73. The van der Waals surface area contributed by atoms with Gasteiger partial charge in [-0.2, -0.15) is 0 Å². The molecule has 0 fully saturated rings. The molecule has 2 unspecified atom stereocenters. The smallest absolute Gasteiger partial charge is 0.138 e. The van der Waals surface area contributed by atoms with Gasteiger partial charge in [-0.05, 0) is 20.3 Å². The summed E-state index contributed by atoms with van der Waals surface area (Å²) >= 11 is 0. The quantitative estimate of drug-likeness (QED) is 0.761. The lowest BCUT2D eigenvalue weighted by Gasteiger charge is -2.39. The summed E-state index contributed by atoms with van der Waals surface area (Å²) in [6, 6.07) is 0. The van der Waals surface area contributed by atoms with Crippen LogP contribution in [0.5, 0.6) is 0 Å². The second-order valence-electron chi connectivity index (χ2n) is 5.01. The molecule has 3 heteroatoms. The van der Waals surface area contributed by atoms with Crippen molar-refractivity contribution in [2.24, 2.45) is 10.8 Å². The van der Waals surface area contributed by atoms with Crippen LogP contribution in [0.2, 0.25) is 0 Å². The second kappa shape index (κ2) is 4.44. The zero-order valence-corrected chi connectivity index (χ0v) is 10.5. The van der Waals surface area contributed by atoms with Crippen LogP contribution in [0.4, 0.5) is 0 Å². The molecule has 0 amide bonds. The Morgan fingerprint density at radius 1 is 1.13 bits per heavy atom. The Morgan fingerprint density at radius 2 is 1.53 bits per heavy atom. The summed E-state index contributed by atoms with van der Waals surface area (Å²) in [6.45, 7) is 9.82. The average molecular weight is 214 g/mol. The van der Waals surface area contributed by atoms with Gasteiger partial charge in [-0.3, -0.25) is 9.59 Å². The van der Waals surface area contributed by atoms with Crippen LogP contribution in [0, 0.1) is 10.8 Å². The minimum atomic E-state index is -0.940. The van der Waals surface area contributed by atoms with E-state index in [0.29, 0.717) is 6.42 Å². The first-order chi connectivity index (χ1) is 6.60. The topological polar surface area (TPSA) is 54.4 Å². The van der Waals surface area contributed by atoms with Crippen LogP contribution >= 0.6 is 0 Å². The van der Waals surface area contributed by atoms with Crippen molar-refractivity contribution < 1.29 is 14.7 Å². The van der Waals surface area contributed by atoms with E-state index < -0.39 is 16.9 Å². The third-order valence-corrected chi connectivity index (χ3v) is 3.73. The average Bonchev–Trinajstić information content (AvgIpc) is 2.14. The van der Waals surface area contributed by atoms with Gasteiger partial charge >= 0.3 is 0 Å². The van der Waals surface area contributed by atoms with Crippen molar-refractivity contribution in [2.45, 2.75) is 54.1 Å². The first kappa shape index (κ1) is 14.3. The van der Waals surface area contributed by atoms with Gasteiger partial charge in [0.05, 0.1) is 11.5 Å². The molecule has 88 valence electrons. The van der Waals surface area contributed by atoms with Crippen molar-refractivity contribution in [1.29, 1.82) is 0 Å². The molecule has 0 aliphatic carbocycles. The van der Waals surface area contributed by atoms with E-state index in [4.69, 9.17) is 0 Å². The molecule has 0 rings (SSSR count). The van der Waals surface area contributed by atoms with Crippen LogP contribution in [-0.4, -0.2) is 22.8 Å². The lowest BCUT2D eigenvalue weighted by atomic mass is 9.66. The molecule has 0 aromatic carbocycles. The number of hydrogen-bond donors (Lipinski definition) is 1. The molecule has 0 aliphatic heterocycles. The lowest BCUT2D eigenvalue weighted by molar-refractivity contribution is -0.147. The zero-order valence-electron chi connectivity index (χ0n) is 10.5. The highest BCUT2D eigenvalue weighted by Crippen LogP contribution is 2.38. The van der Waals surface area contributed by atoms with Gasteiger partial charge in [-0.15, -0.1) is 0 Å². The molecular weight excluding hydrogens is 192 g/mol. The van der Waals surface area contributed by atoms with Crippen LogP contribution in [-0.2, 0) is 9.59 Å². The first-order valence-electron chi connectivity index (χ1n) is 5.30. The molecule has 1 N–H and O–H groups in total. The molecule has 0 radical (unpaired) electrons. The van der Waals surface area contributed by atoms with E-state index in [1.54, 1.807) is 20.8 Å². The number of rotatable bonds is 5. The highest BCUT2D eigenvalue weighted by Gasteiger charge is 2.46. The monoisotopic (exact) mass is 214 g/mol. The fourth-order valence-electron chi connectivity index (χ4n) is 1.62. The maximum Gasteiger partial charge on any atom is 0.138 e. The van der Waals surface area contributed by atoms with Crippen molar-refractivity contribution in [3.05, 3.63) is 0 Å². The molecular formula is C12H22O3. The maximum absolute atomic E-state index is 11.5. The predicted octanol–water partition coefficient (Wildman–Crippen LogP) is 1.97. The first-order valence-corrected chi connectivity index (χ1v) is 5.30. The number of carbonyl (C=O) groups excluding carboxylic acids is 2. The van der Waals surface area contributed by atoms with Gasteiger partial charge in [0.25, 0.3) is 0 Å². The predicted molar refractivity (Wildman–Crippen MR) is 59.5 cm³/mol. The molecule has 2 atom stereocenters. The van der Waals surface area contributed by atoms with E-state index >= 15 is 0 Å². The minimum Gasteiger partial charge on any atom is -0.391 e. The summed E-state index contributed by atoms with van der Waals surface area (Å²) < 4.78 is 0. The molecule has 0 spiro atoms. The Bertz CT molecular complexity index is 268. The number of hydrogen-bond acceptors (Lipinski definition) is 3. The fourth-order valence-corrected chi connectivity index (χ4v) is 1.62. The van der Waals surface area contributed by atoms with Crippen molar-refractivity contribution in [1.82, 2.24) is 0 Å². The molecule has 0 aromatic heterocycles. The Hall–Kier alpha value is -0.700. The number of Topliss-reactive ketones (excluding diaryl/α,β-unsaturated/α-hetero) is 2. The SMILES string of the molecule is CCC(C)(C(C)=O)C(O)C(C)(C)C(C)=O. The Balaban J connectivity index is 5.21. The van der Waals surface area contributed by atoms with Crippen LogP contribution in [0.3, 0.4) is 0 Å².